The minimum atomic E-state index is -0.677. The van der Waals surface area contributed by atoms with Gasteiger partial charge in [0.05, 0.1) is 22.0 Å². The molecule has 2 unspecified atom stereocenters. The molecule has 2 aliphatic rings. The number of nitrogens with zero attached hydrogens (tertiary/aromatic N) is 3. The lowest BCUT2D eigenvalue weighted by Gasteiger charge is -2.28. The molecular formula is C15H18N4O5. The van der Waals surface area contributed by atoms with Crippen LogP contribution in [0.15, 0.2) is 23.3 Å². The highest BCUT2D eigenvalue weighted by molar-refractivity contribution is 5.93. The summed E-state index contributed by atoms with van der Waals surface area (Å²) in [4.78, 5) is 20.6. The van der Waals surface area contributed by atoms with E-state index in [1.807, 2.05) is 0 Å². The van der Waals surface area contributed by atoms with Crippen LogP contribution < -0.4 is 5.43 Å². The summed E-state index contributed by atoms with van der Waals surface area (Å²) < 4.78 is 0. The summed E-state index contributed by atoms with van der Waals surface area (Å²) in [5.74, 6) is 0. The predicted octanol–water partition coefficient (Wildman–Crippen LogP) is 2.99. The fourth-order valence-corrected chi connectivity index (χ4v) is 3.82. The molecule has 9 nitrogen and oxygen atoms in total. The third-order valence-corrected chi connectivity index (χ3v) is 5.05. The number of nitro groups is 2. The van der Waals surface area contributed by atoms with E-state index in [0.717, 1.165) is 50.3 Å². The quantitative estimate of drug-likeness (QED) is 0.643. The normalized spacial score (nSPS) is 27.7. The van der Waals surface area contributed by atoms with E-state index in [1.54, 1.807) is 0 Å². The molecule has 0 aliphatic heterocycles. The molecule has 24 heavy (non-hydrogen) atoms. The Morgan fingerprint density at radius 3 is 2.58 bits per heavy atom. The number of aliphatic hydroxyl groups excluding tert-OH is 1. The lowest BCUT2D eigenvalue weighted by molar-refractivity contribution is -0.393. The van der Waals surface area contributed by atoms with E-state index in [2.05, 4.69) is 10.5 Å². The van der Waals surface area contributed by atoms with E-state index in [-0.39, 0.29) is 16.8 Å². The van der Waals surface area contributed by atoms with Crippen molar-refractivity contribution in [3.8, 4) is 0 Å². The Balaban J connectivity index is 1.88. The van der Waals surface area contributed by atoms with Crippen LogP contribution in [0.3, 0.4) is 0 Å². The van der Waals surface area contributed by atoms with Crippen LogP contribution in [-0.2, 0) is 0 Å². The zero-order chi connectivity index (χ0) is 17.3. The molecular weight excluding hydrogens is 316 g/mol. The number of benzene rings is 1. The van der Waals surface area contributed by atoms with Crippen molar-refractivity contribution < 1.29 is 15.0 Å². The molecule has 1 spiro atoms. The van der Waals surface area contributed by atoms with Gasteiger partial charge in [-0.1, -0.05) is 0 Å². The van der Waals surface area contributed by atoms with Crippen molar-refractivity contribution in [1.29, 1.82) is 0 Å². The second-order valence-corrected chi connectivity index (χ2v) is 6.30. The first-order chi connectivity index (χ1) is 11.4. The van der Waals surface area contributed by atoms with Crippen molar-refractivity contribution in [2.75, 3.05) is 5.43 Å². The molecule has 0 heterocycles. The number of non-ortho nitro benzene ring substituents is 1. The van der Waals surface area contributed by atoms with Gasteiger partial charge in [0.1, 0.15) is 5.69 Å². The van der Waals surface area contributed by atoms with Gasteiger partial charge in [-0.2, -0.15) is 5.10 Å². The van der Waals surface area contributed by atoms with Crippen molar-refractivity contribution in [3.05, 3.63) is 38.4 Å². The van der Waals surface area contributed by atoms with E-state index >= 15 is 0 Å². The standard InChI is InChI=1S/C15H18N4O5/c20-14-4-2-8-15(14)7-1-3-13(15)17-16-11-6-5-10(18(21)22)9-12(11)19(23)24/h5-6,9,14,16,20H,1-4,7-8H2/b17-13+. The summed E-state index contributed by atoms with van der Waals surface area (Å²) in [5, 5.41) is 36.5. The van der Waals surface area contributed by atoms with Gasteiger partial charge in [-0.25, -0.2) is 0 Å². The highest BCUT2D eigenvalue weighted by Gasteiger charge is 2.48. The average molecular weight is 334 g/mol. The van der Waals surface area contributed by atoms with E-state index in [4.69, 9.17) is 0 Å². The number of aliphatic hydroxyl groups is 1. The summed E-state index contributed by atoms with van der Waals surface area (Å²) in [6.45, 7) is 0. The molecule has 2 saturated carbocycles. The minimum Gasteiger partial charge on any atom is -0.392 e. The molecule has 0 saturated heterocycles. The molecule has 128 valence electrons. The molecule has 9 heteroatoms. The first-order valence-corrected chi connectivity index (χ1v) is 7.88. The van der Waals surface area contributed by atoms with Crippen LogP contribution in [0.1, 0.15) is 38.5 Å². The molecule has 0 radical (unpaired) electrons. The number of nitrogens with one attached hydrogen (secondary N) is 1. The SMILES string of the molecule is O=[N+]([O-])c1ccc(N/N=C2\CCCC23CCCC3O)c([N+](=O)[O-])c1. The lowest BCUT2D eigenvalue weighted by atomic mass is 9.81. The van der Waals surface area contributed by atoms with E-state index in [0.29, 0.717) is 0 Å². The Hall–Kier alpha value is -2.55. The highest BCUT2D eigenvalue weighted by atomic mass is 16.6. The molecule has 2 aliphatic carbocycles. The number of hydrogen-bond acceptors (Lipinski definition) is 7. The molecule has 2 fully saturated rings. The first-order valence-electron chi connectivity index (χ1n) is 7.88. The van der Waals surface area contributed by atoms with Gasteiger partial charge in [0.25, 0.3) is 5.69 Å². The molecule has 2 atom stereocenters. The monoisotopic (exact) mass is 334 g/mol. The second-order valence-electron chi connectivity index (χ2n) is 6.30. The molecule has 1 aromatic rings. The van der Waals surface area contributed by atoms with E-state index in [9.17, 15) is 25.3 Å². The Kier molecular flexibility index (Phi) is 4.18. The number of rotatable bonds is 4. The number of nitro benzene ring substituents is 2. The van der Waals surface area contributed by atoms with E-state index < -0.39 is 21.6 Å². The smallest absolute Gasteiger partial charge is 0.301 e. The summed E-state index contributed by atoms with van der Waals surface area (Å²) in [5.41, 5.74) is 2.57. The Bertz CT molecular complexity index is 716. The third kappa shape index (κ3) is 2.71. The van der Waals surface area contributed by atoms with Crippen molar-refractivity contribution in [2.45, 2.75) is 44.6 Å². The van der Waals surface area contributed by atoms with Gasteiger partial charge in [0.15, 0.2) is 0 Å². The molecule has 1 aromatic carbocycles. The number of hydrogen-bond donors (Lipinski definition) is 2. The lowest BCUT2D eigenvalue weighted by Crippen LogP contribution is -2.34. The average Bonchev–Trinajstić information content (AvgIpc) is 3.12. The summed E-state index contributed by atoms with van der Waals surface area (Å²) in [7, 11) is 0. The Morgan fingerprint density at radius 1 is 1.21 bits per heavy atom. The summed E-state index contributed by atoms with van der Waals surface area (Å²) >= 11 is 0. The van der Waals surface area contributed by atoms with Gasteiger partial charge < -0.3 is 5.11 Å². The van der Waals surface area contributed by atoms with Crippen molar-refractivity contribution in [1.82, 2.24) is 0 Å². The van der Waals surface area contributed by atoms with Crippen LogP contribution in [-0.4, -0.2) is 26.8 Å². The van der Waals surface area contributed by atoms with Gasteiger partial charge in [-0.05, 0) is 44.6 Å². The fourth-order valence-electron chi connectivity index (χ4n) is 3.82. The van der Waals surface area contributed by atoms with Gasteiger partial charge in [-0.3, -0.25) is 25.7 Å². The molecule has 2 N–H and O–H groups in total. The number of hydrazone groups is 1. The third-order valence-electron chi connectivity index (χ3n) is 5.05. The second kappa shape index (κ2) is 6.16. The summed E-state index contributed by atoms with van der Waals surface area (Å²) in [6.07, 6.45) is 4.68. The Labute approximate surface area is 137 Å². The zero-order valence-corrected chi connectivity index (χ0v) is 13.0. The van der Waals surface area contributed by atoms with Crippen LogP contribution in [0, 0.1) is 25.6 Å². The van der Waals surface area contributed by atoms with Gasteiger partial charge in [0.2, 0.25) is 0 Å². The molecule has 0 amide bonds. The van der Waals surface area contributed by atoms with Gasteiger partial charge >= 0.3 is 5.69 Å². The maximum Gasteiger partial charge on any atom is 0.301 e. The molecule has 0 aromatic heterocycles. The van der Waals surface area contributed by atoms with Crippen LogP contribution in [0.2, 0.25) is 0 Å². The maximum absolute atomic E-state index is 11.1. The van der Waals surface area contributed by atoms with Crippen molar-refractivity contribution in [2.24, 2.45) is 10.5 Å². The summed E-state index contributed by atoms with van der Waals surface area (Å²) in [6, 6.07) is 3.40. The van der Waals surface area contributed by atoms with Crippen LogP contribution in [0.25, 0.3) is 0 Å². The maximum atomic E-state index is 11.1. The van der Waals surface area contributed by atoms with Crippen LogP contribution in [0.5, 0.6) is 0 Å². The van der Waals surface area contributed by atoms with Crippen LogP contribution in [0.4, 0.5) is 17.1 Å². The van der Waals surface area contributed by atoms with Crippen molar-refractivity contribution >= 4 is 22.8 Å². The van der Waals surface area contributed by atoms with Gasteiger partial charge in [-0.15, -0.1) is 0 Å². The fraction of sp³-hybridized carbons (Fsp3) is 0.533. The zero-order valence-electron chi connectivity index (χ0n) is 13.0. The highest BCUT2D eigenvalue weighted by Crippen LogP contribution is 2.49. The van der Waals surface area contributed by atoms with E-state index in [1.165, 1.54) is 12.1 Å². The molecule has 0 bridgehead atoms. The minimum absolute atomic E-state index is 0.104. The predicted molar refractivity (Wildman–Crippen MR) is 87.0 cm³/mol. The number of anilines is 1. The topological polar surface area (TPSA) is 131 Å². The first kappa shape index (κ1) is 16.3. The van der Waals surface area contributed by atoms with Gasteiger partial charge in [0, 0.05) is 17.2 Å². The van der Waals surface area contributed by atoms with Crippen LogP contribution >= 0.6 is 0 Å². The molecule has 3 rings (SSSR count). The largest absolute Gasteiger partial charge is 0.392 e. The van der Waals surface area contributed by atoms with Crippen molar-refractivity contribution in [3.63, 3.8) is 0 Å². The Morgan fingerprint density at radius 2 is 1.96 bits per heavy atom.